The van der Waals surface area contributed by atoms with Gasteiger partial charge >= 0.3 is 6.09 Å². The first kappa shape index (κ1) is 28.9. The molecule has 0 aliphatic carbocycles. The smallest absolute Gasteiger partial charge is 0.410 e. The Morgan fingerprint density at radius 3 is 2.38 bits per heavy atom. The quantitative estimate of drug-likeness (QED) is 0.252. The van der Waals surface area contributed by atoms with E-state index < -0.39 is 5.60 Å². The number of aromatic nitrogens is 3. The molecular formula is C33H38N6O3. The largest absolute Gasteiger partial charge is 0.472 e. The molecule has 1 amide bonds. The van der Waals surface area contributed by atoms with Crippen molar-refractivity contribution in [3.63, 3.8) is 0 Å². The molecule has 5 rings (SSSR count). The highest BCUT2D eigenvalue weighted by atomic mass is 16.6. The molecule has 1 aliphatic heterocycles. The Labute approximate surface area is 247 Å². The number of rotatable bonds is 8. The molecular weight excluding hydrogens is 528 g/mol. The lowest BCUT2D eigenvalue weighted by atomic mass is 10.1. The first-order valence-electron chi connectivity index (χ1n) is 14.3. The molecule has 1 aliphatic rings. The van der Waals surface area contributed by atoms with Crippen molar-refractivity contribution in [2.75, 3.05) is 30.4 Å². The van der Waals surface area contributed by atoms with Gasteiger partial charge in [0.05, 0.1) is 11.9 Å². The van der Waals surface area contributed by atoms with Crippen LogP contribution in [0.2, 0.25) is 0 Å². The van der Waals surface area contributed by atoms with Crippen LogP contribution in [0.1, 0.15) is 39.2 Å². The molecule has 0 saturated carbocycles. The monoisotopic (exact) mass is 566 g/mol. The van der Waals surface area contributed by atoms with Crippen LogP contribution in [-0.2, 0) is 11.3 Å². The lowest BCUT2D eigenvalue weighted by Gasteiger charge is -2.33. The molecule has 1 fully saturated rings. The van der Waals surface area contributed by atoms with E-state index in [1.165, 1.54) is 0 Å². The van der Waals surface area contributed by atoms with Crippen molar-refractivity contribution in [2.24, 2.45) is 0 Å². The average Bonchev–Trinajstić information content (AvgIpc) is 3.00. The van der Waals surface area contributed by atoms with E-state index in [0.29, 0.717) is 31.5 Å². The van der Waals surface area contributed by atoms with Gasteiger partial charge in [0, 0.05) is 37.9 Å². The third-order valence-electron chi connectivity index (χ3n) is 6.99. The summed E-state index contributed by atoms with van der Waals surface area (Å²) in [7, 11) is 1.96. The first-order chi connectivity index (χ1) is 20.2. The number of amides is 1. The summed E-state index contributed by atoms with van der Waals surface area (Å²) in [4.78, 5) is 30.1. The van der Waals surface area contributed by atoms with E-state index in [0.717, 1.165) is 41.0 Å². The maximum absolute atomic E-state index is 12.4. The summed E-state index contributed by atoms with van der Waals surface area (Å²) in [6.45, 7) is 7.33. The number of piperidine rings is 1. The van der Waals surface area contributed by atoms with Crippen LogP contribution in [0.5, 0.6) is 5.88 Å². The van der Waals surface area contributed by atoms with E-state index in [1.54, 1.807) is 17.3 Å². The molecule has 42 heavy (non-hydrogen) atoms. The SMILES string of the molecule is CN(c1cnc(OCc2ccccc2)c(-c2ccccc2)c1)c1ccnc(NC2CCN(C(=O)OC(C)(C)C)CC2)n1. The zero-order valence-corrected chi connectivity index (χ0v) is 24.7. The molecule has 2 aromatic carbocycles. The maximum atomic E-state index is 12.4. The average molecular weight is 567 g/mol. The van der Waals surface area contributed by atoms with Crippen LogP contribution in [0.3, 0.4) is 0 Å². The molecule has 218 valence electrons. The van der Waals surface area contributed by atoms with Crippen LogP contribution in [-0.4, -0.2) is 57.7 Å². The van der Waals surface area contributed by atoms with Crippen molar-refractivity contribution >= 4 is 23.5 Å². The van der Waals surface area contributed by atoms with E-state index in [-0.39, 0.29) is 12.1 Å². The molecule has 0 spiro atoms. The summed E-state index contributed by atoms with van der Waals surface area (Å²) < 4.78 is 11.7. The molecule has 3 heterocycles. The van der Waals surface area contributed by atoms with E-state index in [1.807, 2.05) is 87.3 Å². The zero-order chi connectivity index (χ0) is 29.5. The lowest BCUT2D eigenvalue weighted by molar-refractivity contribution is 0.0210. The molecule has 1 saturated heterocycles. The molecule has 9 heteroatoms. The number of carbonyl (C=O) groups excluding carboxylic acids is 1. The zero-order valence-electron chi connectivity index (χ0n) is 24.7. The summed E-state index contributed by atoms with van der Waals surface area (Å²) >= 11 is 0. The van der Waals surface area contributed by atoms with Crippen molar-refractivity contribution in [1.29, 1.82) is 0 Å². The van der Waals surface area contributed by atoms with Crippen LogP contribution < -0.4 is 15.0 Å². The Morgan fingerprint density at radius 1 is 1.00 bits per heavy atom. The van der Waals surface area contributed by atoms with Crippen molar-refractivity contribution < 1.29 is 14.3 Å². The summed E-state index contributed by atoms with van der Waals surface area (Å²) in [5, 5.41) is 3.45. The van der Waals surface area contributed by atoms with Gasteiger partial charge in [0.15, 0.2) is 0 Å². The fourth-order valence-electron chi connectivity index (χ4n) is 4.74. The van der Waals surface area contributed by atoms with Gasteiger partial charge in [0.25, 0.3) is 0 Å². The summed E-state index contributed by atoms with van der Waals surface area (Å²) in [5.41, 5.74) is 3.37. The van der Waals surface area contributed by atoms with Gasteiger partial charge in [-0.2, -0.15) is 4.98 Å². The van der Waals surface area contributed by atoms with Crippen LogP contribution in [0.4, 0.5) is 22.2 Å². The Morgan fingerprint density at radius 2 is 1.69 bits per heavy atom. The second kappa shape index (κ2) is 12.9. The topological polar surface area (TPSA) is 92.7 Å². The van der Waals surface area contributed by atoms with Crippen molar-refractivity contribution in [3.8, 4) is 17.0 Å². The molecule has 0 radical (unpaired) electrons. The highest BCUT2D eigenvalue weighted by Crippen LogP contribution is 2.34. The third-order valence-corrected chi connectivity index (χ3v) is 6.99. The number of anilines is 3. The Bertz CT molecular complexity index is 1470. The van der Waals surface area contributed by atoms with Crippen LogP contribution in [0, 0.1) is 0 Å². The number of benzene rings is 2. The minimum absolute atomic E-state index is 0.164. The van der Waals surface area contributed by atoms with Crippen LogP contribution in [0.15, 0.2) is 85.2 Å². The number of likely N-dealkylation sites (tertiary alicyclic amines) is 1. The van der Waals surface area contributed by atoms with E-state index in [9.17, 15) is 4.79 Å². The minimum Gasteiger partial charge on any atom is -0.472 e. The van der Waals surface area contributed by atoms with Crippen LogP contribution in [0.25, 0.3) is 11.1 Å². The van der Waals surface area contributed by atoms with E-state index in [4.69, 9.17) is 19.4 Å². The predicted octanol–water partition coefficient (Wildman–Crippen LogP) is 6.70. The van der Waals surface area contributed by atoms with Gasteiger partial charge < -0.3 is 24.6 Å². The normalized spacial score (nSPS) is 13.9. The second-order valence-electron chi connectivity index (χ2n) is 11.4. The first-order valence-corrected chi connectivity index (χ1v) is 14.3. The molecule has 0 unspecified atom stereocenters. The number of ether oxygens (including phenoxy) is 2. The Kier molecular flexibility index (Phi) is 8.85. The number of nitrogens with zero attached hydrogens (tertiary/aromatic N) is 5. The van der Waals surface area contributed by atoms with Crippen molar-refractivity contribution in [3.05, 3.63) is 90.8 Å². The Balaban J connectivity index is 1.28. The number of carbonyl (C=O) groups is 1. The number of pyridine rings is 1. The number of nitrogens with one attached hydrogen (secondary N) is 1. The third kappa shape index (κ3) is 7.54. The summed E-state index contributed by atoms with van der Waals surface area (Å²) in [6.07, 6.45) is 4.86. The van der Waals surface area contributed by atoms with E-state index >= 15 is 0 Å². The molecule has 9 nitrogen and oxygen atoms in total. The van der Waals surface area contributed by atoms with Gasteiger partial charge in [-0.25, -0.2) is 14.8 Å². The van der Waals surface area contributed by atoms with E-state index in [2.05, 4.69) is 28.5 Å². The molecule has 0 bridgehead atoms. The molecule has 2 aromatic heterocycles. The van der Waals surface area contributed by atoms with Crippen molar-refractivity contribution in [1.82, 2.24) is 19.9 Å². The van der Waals surface area contributed by atoms with Gasteiger partial charge in [0.1, 0.15) is 18.0 Å². The van der Waals surface area contributed by atoms with Gasteiger partial charge in [-0.15, -0.1) is 0 Å². The predicted molar refractivity (Wildman–Crippen MR) is 165 cm³/mol. The molecule has 4 aromatic rings. The molecule has 1 N–H and O–H groups in total. The maximum Gasteiger partial charge on any atom is 0.410 e. The molecule has 0 atom stereocenters. The number of hydrogen-bond acceptors (Lipinski definition) is 8. The highest BCUT2D eigenvalue weighted by Gasteiger charge is 2.27. The minimum atomic E-state index is -0.501. The highest BCUT2D eigenvalue weighted by molar-refractivity contribution is 5.74. The van der Waals surface area contributed by atoms with Gasteiger partial charge in [-0.3, -0.25) is 0 Å². The van der Waals surface area contributed by atoms with Crippen LogP contribution >= 0.6 is 0 Å². The van der Waals surface area contributed by atoms with Gasteiger partial charge in [-0.05, 0) is 56.9 Å². The fourth-order valence-corrected chi connectivity index (χ4v) is 4.74. The number of hydrogen-bond donors (Lipinski definition) is 1. The Hall–Kier alpha value is -4.66. The van der Waals surface area contributed by atoms with Crippen molar-refractivity contribution in [2.45, 2.75) is 51.9 Å². The summed E-state index contributed by atoms with van der Waals surface area (Å²) in [5.74, 6) is 1.86. The lowest BCUT2D eigenvalue weighted by Crippen LogP contribution is -2.44. The van der Waals surface area contributed by atoms with Gasteiger partial charge in [0.2, 0.25) is 11.8 Å². The van der Waals surface area contributed by atoms with Gasteiger partial charge in [-0.1, -0.05) is 60.7 Å². The fraction of sp³-hybridized carbons (Fsp3) is 0.333. The summed E-state index contributed by atoms with van der Waals surface area (Å²) in [6, 6.07) is 24.3. The standard InChI is InChI=1S/C33H38N6O3/c1-33(2,3)42-32(40)39-19-16-26(17-20-39)36-31-34-18-15-29(37-31)38(4)27-21-28(25-13-9-6-10-14-25)30(35-22-27)41-23-24-11-7-5-8-12-24/h5-15,18,21-22,26H,16-17,19-20,23H2,1-4H3,(H,34,36,37). The second-order valence-corrected chi connectivity index (χ2v) is 11.4.